The van der Waals surface area contributed by atoms with Gasteiger partial charge in [-0.1, -0.05) is 31.9 Å². The van der Waals surface area contributed by atoms with Crippen LogP contribution < -0.4 is 11.1 Å². The smallest absolute Gasteiger partial charge is 0.257 e. The van der Waals surface area contributed by atoms with E-state index in [1.807, 2.05) is 36.4 Å². The SMILES string of the molecule is CCCCCNC(=O)c1c(N)n(N=Cc2ccncc2)c2nc3ccccc3nc12. The highest BCUT2D eigenvalue weighted by Crippen LogP contribution is 2.27. The zero-order valence-electron chi connectivity index (χ0n) is 16.7. The maximum absolute atomic E-state index is 12.9. The number of amides is 1. The molecule has 8 nitrogen and oxygen atoms in total. The fourth-order valence-corrected chi connectivity index (χ4v) is 3.23. The quantitative estimate of drug-likeness (QED) is 0.364. The molecule has 0 aliphatic carbocycles. The van der Waals surface area contributed by atoms with E-state index in [0.717, 1.165) is 24.8 Å². The number of nitrogens with one attached hydrogen (secondary N) is 1. The number of anilines is 1. The monoisotopic (exact) mass is 401 g/mol. The highest BCUT2D eigenvalue weighted by Gasteiger charge is 2.23. The maximum Gasteiger partial charge on any atom is 0.257 e. The molecule has 0 spiro atoms. The lowest BCUT2D eigenvalue weighted by atomic mass is 10.2. The fraction of sp³-hybridized carbons (Fsp3) is 0.227. The Morgan fingerprint density at radius 1 is 1.13 bits per heavy atom. The zero-order valence-corrected chi connectivity index (χ0v) is 16.7. The molecule has 1 amide bonds. The van der Waals surface area contributed by atoms with E-state index in [2.05, 4.69) is 32.3 Å². The van der Waals surface area contributed by atoms with Crippen LogP contribution in [0.25, 0.3) is 22.2 Å². The van der Waals surface area contributed by atoms with Gasteiger partial charge in [0.1, 0.15) is 16.9 Å². The molecule has 4 aromatic rings. The number of nitrogen functional groups attached to an aromatic ring is 1. The Morgan fingerprint density at radius 2 is 1.87 bits per heavy atom. The van der Waals surface area contributed by atoms with Crippen LogP contribution >= 0.6 is 0 Å². The van der Waals surface area contributed by atoms with Crippen LogP contribution in [0.1, 0.15) is 42.1 Å². The second-order valence-corrected chi connectivity index (χ2v) is 6.94. The summed E-state index contributed by atoms with van der Waals surface area (Å²) in [7, 11) is 0. The van der Waals surface area contributed by atoms with E-state index in [-0.39, 0.29) is 11.7 Å². The minimum Gasteiger partial charge on any atom is -0.383 e. The maximum atomic E-state index is 12.9. The summed E-state index contributed by atoms with van der Waals surface area (Å²) in [5.74, 6) is -0.0605. The molecule has 3 heterocycles. The molecule has 0 fully saturated rings. The first-order chi connectivity index (χ1) is 14.7. The predicted molar refractivity (Wildman–Crippen MR) is 119 cm³/mol. The van der Waals surface area contributed by atoms with Gasteiger partial charge in [0.15, 0.2) is 5.65 Å². The molecule has 3 N–H and O–H groups in total. The van der Waals surface area contributed by atoms with Crippen LogP contribution in [0.4, 0.5) is 5.82 Å². The molecular formula is C22H23N7O. The topological polar surface area (TPSA) is 111 Å². The van der Waals surface area contributed by atoms with Crippen molar-refractivity contribution in [1.29, 1.82) is 0 Å². The third kappa shape index (κ3) is 3.84. The lowest BCUT2D eigenvalue weighted by Crippen LogP contribution is -2.25. The van der Waals surface area contributed by atoms with Crippen molar-refractivity contribution in [3.63, 3.8) is 0 Å². The van der Waals surface area contributed by atoms with Crippen molar-refractivity contribution in [2.24, 2.45) is 5.10 Å². The van der Waals surface area contributed by atoms with Crippen LogP contribution in [-0.2, 0) is 0 Å². The van der Waals surface area contributed by atoms with Crippen molar-refractivity contribution in [3.05, 3.63) is 59.9 Å². The summed E-state index contributed by atoms with van der Waals surface area (Å²) in [6.07, 6.45) is 8.06. The summed E-state index contributed by atoms with van der Waals surface area (Å²) in [4.78, 5) is 26.3. The molecule has 0 saturated carbocycles. The van der Waals surface area contributed by atoms with Gasteiger partial charge in [0.25, 0.3) is 5.91 Å². The Morgan fingerprint density at radius 3 is 2.60 bits per heavy atom. The number of rotatable bonds is 7. The van der Waals surface area contributed by atoms with Crippen LogP contribution in [0, 0.1) is 0 Å². The van der Waals surface area contributed by atoms with Gasteiger partial charge in [-0.05, 0) is 36.2 Å². The van der Waals surface area contributed by atoms with Crippen molar-refractivity contribution in [2.45, 2.75) is 26.2 Å². The number of para-hydroxylation sites is 2. The number of carbonyl (C=O) groups is 1. The van der Waals surface area contributed by atoms with Crippen LogP contribution in [-0.4, -0.2) is 38.3 Å². The number of benzene rings is 1. The number of fused-ring (bicyclic) bond motifs is 2. The highest BCUT2D eigenvalue weighted by atomic mass is 16.1. The van der Waals surface area contributed by atoms with Crippen LogP contribution in [0.15, 0.2) is 53.9 Å². The number of pyridine rings is 1. The molecule has 0 bridgehead atoms. The second kappa shape index (κ2) is 8.69. The minimum absolute atomic E-state index is 0.207. The van der Waals surface area contributed by atoms with Crippen molar-refractivity contribution >= 4 is 40.1 Å². The zero-order chi connectivity index (χ0) is 20.9. The predicted octanol–water partition coefficient (Wildman–Crippen LogP) is 3.36. The average Bonchev–Trinajstić information content (AvgIpc) is 3.04. The summed E-state index contributed by atoms with van der Waals surface area (Å²) >= 11 is 0. The van der Waals surface area contributed by atoms with Crippen molar-refractivity contribution in [2.75, 3.05) is 12.3 Å². The summed E-state index contributed by atoms with van der Waals surface area (Å²) < 4.78 is 1.47. The van der Waals surface area contributed by atoms with E-state index in [1.54, 1.807) is 18.6 Å². The van der Waals surface area contributed by atoms with Gasteiger partial charge in [0.05, 0.1) is 17.2 Å². The van der Waals surface area contributed by atoms with E-state index in [1.165, 1.54) is 4.68 Å². The van der Waals surface area contributed by atoms with Crippen LogP contribution in [0.5, 0.6) is 0 Å². The number of nitrogens with two attached hydrogens (primary N) is 1. The van der Waals surface area contributed by atoms with Gasteiger partial charge >= 0.3 is 0 Å². The Kier molecular flexibility index (Phi) is 5.65. The first kappa shape index (κ1) is 19.5. The van der Waals surface area contributed by atoms with E-state index in [4.69, 9.17) is 5.73 Å². The van der Waals surface area contributed by atoms with Gasteiger partial charge < -0.3 is 11.1 Å². The van der Waals surface area contributed by atoms with Gasteiger partial charge in [0, 0.05) is 18.9 Å². The third-order valence-electron chi connectivity index (χ3n) is 4.80. The lowest BCUT2D eigenvalue weighted by molar-refractivity contribution is 0.0955. The van der Waals surface area contributed by atoms with Gasteiger partial charge in [-0.15, -0.1) is 0 Å². The molecule has 3 aromatic heterocycles. The number of hydrogen-bond donors (Lipinski definition) is 2. The summed E-state index contributed by atoms with van der Waals surface area (Å²) in [6, 6.07) is 11.2. The Bertz CT molecular complexity index is 1210. The van der Waals surface area contributed by atoms with Gasteiger partial charge in [-0.2, -0.15) is 9.78 Å². The first-order valence-corrected chi connectivity index (χ1v) is 9.98. The molecule has 4 rings (SSSR count). The Labute approximate surface area is 173 Å². The standard InChI is InChI=1S/C22H23N7O/c1-2-3-6-11-25-22(30)18-19-21(28-17-8-5-4-7-16(17)27-19)29(20(18)23)26-14-15-9-12-24-13-10-15/h4-5,7-10,12-14H,2-3,6,11,23H2,1H3,(H,25,30). The summed E-state index contributed by atoms with van der Waals surface area (Å²) in [5, 5.41) is 7.42. The average molecular weight is 401 g/mol. The number of nitrogens with zero attached hydrogens (tertiary/aromatic N) is 5. The molecule has 152 valence electrons. The number of hydrogen-bond acceptors (Lipinski definition) is 6. The largest absolute Gasteiger partial charge is 0.383 e. The van der Waals surface area contributed by atoms with Crippen molar-refractivity contribution in [3.8, 4) is 0 Å². The molecule has 0 radical (unpaired) electrons. The lowest BCUT2D eigenvalue weighted by Gasteiger charge is -2.04. The molecule has 8 heteroatoms. The normalized spacial score (nSPS) is 11.5. The molecule has 30 heavy (non-hydrogen) atoms. The van der Waals surface area contributed by atoms with Crippen LogP contribution in [0.3, 0.4) is 0 Å². The van der Waals surface area contributed by atoms with E-state index >= 15 is 0 Å². The minimum atomic E-state index is -0.268. The summed E-state index contributed by atoms with van der Waals surface area (Å²) in [6.45, 7) is 2.70. The molecule has 0 unspecified atom stereocenters. The van der Waals surface area contributed by atoms with E-state index < -0.39 is 0 Å². The van der Waals surface area contributed by atoms with Gasteiger partial charge in [-0.3, -0.25) is 9.78 Å². The molecule has 1 aromatic carbocycles. The Balaban J connectivity index is 1.81. The number of aromatic nitrogens is 4. The van der Waals surface area contributed by atoms with E-state index in [0.29, 0.717) is 34.3 Å². The highest BCUT2D eigenvalue weighted by molar-refractivity contribution is 6.10. The van der Waals surface area contributed by atoms with Gasteiger partial charge in [0.2, 0.25) is 0 Å². The fourth-order valence-electron chi connectivity index (χ4n) is 3.23. The van der Waals surface area contributed by atoms with Gasteiger partial charge in [-0.25, -0.2) is 9.97 Å². The molecule has 0 saturated heterocycles. The third-order valence-corrected chi connectivity index (χ3v) is 4.80. The first-order valence-electron chi connectivity index (χ1n) is 9.98. The molecule has 0 atom stereocenters. The number of unbranched alkanes of at least 4 members (excludes halogenated alkanes) is 2. The molecule has 0 aliphatic heterocycles. The Hall–Kier alpha value is -3.81. The van der Waals surface area contributed by atoms with Crippen LogP contribution in [0.2, 0.25) is 0 Å². The molecule has 0 aliphatic rings. The number of carbonyl (C=O) groups excluding carboxylic acids is 1. The van der Waals surface area contributed by atoms with E-state index in [9.17, 15) is 4.79 Å². The van der Waals surface area contributed by atoms with Crippen molar-refractivity contribution in [1.82, 2.24) is 24.9 Å². The van der Waals surface area contributed by atoms with Crippen molar-refractivity contribution < 1.29 is 4.79 Å². The molecular weight excluding hydrogens is 378 g/mol. The summed E-state index contributed by atoms with van der Waals surface area (Å²) in [5.41, 5.74) is 9.80. The second-order valence-electron chi connectivity index (χ2n) is 6.94.